The number of rotatable bonds is 4. The second kappa shape index (κ2) is 4.91. The van der Waals surface area contributed by atoms with Gasteiger partial charge in [-0.1, -0.05) is 24.3 Å². The van der Waals surface area contributed by atoms with Crippen LogP contribution in [-0.2, 0) is 4.74 Å². The molecule has 0 fully saturated rings. The van der Waals surface area contributed by atoms with Crippen LogP contribution in [0.15, 0.2) is 24.3 Å². The molecule has 1 rings (SSSR count). The first-order chi connectivity index (χ1) is 6.65. The molecule has 0 amide bonds. The molecule has 1 aromatic carbocycles. The average molecular weight is 192 g/mol. The van der Waals surface area contributed by atoms with Crippen LogP contribution < -0.4 is 0 Å². The smallest absolute Gasteiger partial charge is 0.159 e. The van der Waals surface area contributed by atoms with Crippen LogP contribution >= 0.6 is 0 Å². The quantitative estimate of drug-likeness (QED) is 0.685. The van der Waals surface area contributed by atoms with Gasteiger partial charge in [0, 0.05) is 12.2 Å². The lowest BCUT2D eigenvalue weighted by molar-refractivity contribution is 0.0763. The van der Waals surface area contributed by atoms with Crippen LogP contribution in [0.3, 0.4) is 0 Å². The van der Waals surface area contributed by atoms with Gasteiger partial charge in [-0.15, -0.1) is 0 Å². The Morgan fingerprint density at radius 1 is 1.36 bits per heavy atom. The van der Waals surface area contributed by atoms with E-state index in [1.807, 2.05) is 38.1 Å². The van der Waals surface area contributed by atoms with Crippen molar-refractivity contribution in [1.29, 1.82) is 0 Å². The van der Waals surface area contributed by atoms with E-state index in [4.69, 9.17) is 4.74 Å². The molecule has 0 N–H and O–H groups in total. The van der Waals surface area contributed by atoms with Crippen LogP contribution in [0.1, 0.15) is 42.8 Å². The van der Waals surface area contributed by atoms with Crippen molar-refractivity contribution < 1.29 is 9.53 Å². The minimum atomic E-state index is 0.0978. The van der Waals surface area contributed by atoms with Gasteiger partial charge in [-0.25, -0.2) is 0 Å². The molecule has 0 aliphatic carbocycles. The Labute approximate surface area is 84.9 Å². The van der Waals surface area contributed by atoms with Gasteiger partial charge in [0.25, 0.3) is 0 Å². The second-order valence-electron chi connectivity index (χ2n) is 3.28. The maximum absolute atomic E-state index is 11.0. The Balaban J connectivity index is 2.77. The largest absolute Gasteiger partial charge is 0.374 e. The molecule has 76 valence electrons. The molecule has 0 spiro atoms. The zero-order chi connectivity index (χ0) is 10.6. The van der Waals surface area contributed by atoms with E-state index in [-0.39, 0.29) is 11.9 Å². The number of carbonyl (C=O) groups is 1. The van der Waals surface area contributed by atoms with E-state index in [1.165, 1.54) is 0 Å². The lowest BCUT2D eigenvalue weighted by Gasteiger charge is -2.11. The molecule has 0 saturated heterocycles. The lowest BCUT2D eigenvalue weighted by Crippen LogP contribution is -2.00. The van der Waals surface area contributed by atoms with Gasteiger partial charge in [0.1, 0.15) is 0 Å². The molecule has 0 saturated carbocycles. The highest BCUT2D eigenvalue weighted by molar-refractivity contribution is 5.93. The maximum atomic E-state index is 11.0. The van der Waals surface area contributed by atoms with E-state index in [0.717, 1.165) is 11.1 Å². The molecule has 0 aliphatic heterocycles. The third-order valence-corrected chi connectivity index (χ3v) is 2.20. The highest BCUT2D eigenvalue weighted by atomic mass is 16.5. The minimum absolute atomic E-state index is 0.0978. The van der Waals surface area contributed by atoms with Crippen LogP contribution in [0.4, 0.5) is 0 Å². The van der Waals surface area contributed by atoms with Crippen molar-refractivity contribution in [1.82, 2.24) is 0 Å². The summed E-state index contributed by atoms with van der Waals surface area (Å²) in [5.41, 5.74) is 1.86. The Bertz CT molecular complexity index is 301. The van der Waals surface area contributed by atoms with Gasteiger partial charge in [0.15, 0.2) is 5.78 Å². The van der Waals surface area contributed by atoms with Crippen molar-refractivity contribution >= 4 is 5.78 Å². The fourth-order valence-corrected chi connectivity index (χ4v) is 1.34. The SMILES string of the molecule is CCO[C@H](C)c1ccc(C(C)=O)cc1. The van der Waals surface area contributed by atoms with Gasteiger partial charge in [-0.3, -0.25) is 4.79 Å². The van der Waals surface area contributed by atoms with E-state index >= 15 is 0 Å². The summed E-state index contributed by atoms with van der Waals surface area (Å²) in [6, 6.07) is 7.56. The molecule has 0 bridgehead atoms. The van der Waals surface area contributed by atoms with Crippen LogP contribution in [0.5, 0.6) is 0 Å². The van der Waals surface area contributed by atoms with Gasteiger partial charge in [-0.05, 0) is 26.3 Å². The summed E-state index contributed by atoms with van der Waals surface area (Å²) in [4.78, 5) is 11.0. The van der Waals surface area contributed by atoms with E-state index in [2.05, 4.69) is 0 Å². The van der Waals surface area contributed by atoms with E-state index in [1.54, 1.807) is 6.92 Å². The summed E-state index contributed by atoms with van der Waals surface area (Å²) in [5, 5.41) is 0. The number of ether oxygens (including phenoxy) is 1. The molecule has 1 atom stereocenters. The van der Waals surface area contributed by atoms with Crippen molar-refractivity contribution in [2.75, 3.05) is 6.61 Å². The zero-order valence-corrected chi connectivity index (χ0v) is 8.91. The topological polar surface area (TPSA) is 26.3 Å². The van der Waals surface area contributed by atoms with Gasteiger partial charge in [0.05, 0.1) is 6.10 Å². The predicted octanol–water partition coefficient (Wildman–Crippen LogP) is 2.99. The standard InChI is InChI=1S/C12H16O2/c1-4-14-10(3)12-7-5-11(6-8-12)9(2)13/h5-8,10H,4H2,1-3H3/t10-/m1/s1. The zero-order valence-electron chi connectivity index (χ0n) is 8.91. The predicted molar refractivity (Wildman–Crippen MR) is 56.5 cm³/mol. The fourth-order valence-electron chi connectivity index (χ4n) is 1.34. The second-order valence-corrected chi connectivity index (χ2v) is 3.28. The molecule has 14 heavy (non-hydrogen) atoms. The first kappa shape index (κ1) is 10.9. The molecule has 0 radical (unpaired) electrons. The highest BCUT2D eigenvalue weighted by Crippen LogP contribution is 2.17. The van der Waals surface area contributed by atoms with E-state index < -0.39 is 0 Å². The molecule has 2 nitrogen and oxygen atoms in total. The Kier molecular flexibility index (Phi) is 3.84. The monoisotopic (exact) mass is 192 g/mol. The molecule has 0 heterocycles. The van der Waals surface area contributed by atoms with Crippen LogP contribution in [0, 0.1) is 0 Å². The Morgan fingerprint density at radius 2 is 1.93 bits per heavy atom. The molecule has 0 unspecified atom stereocenters. The van der Waals surface area contributed by atoms with Crippen LogP contribution in [0.25, 0.3) is 0 Å². The summed E-state index contributed by atoms with van der Waals surface area (Å²) in [6.07, 6.45) is 0.0982. The van der Waals surface area contributed by atoms with Gasteiger partial charge < -0.3 is 4.74 Å². The summed E-state index contributed by atoms with van der Waals surface area (Å²) in [7, 11) is 0. The Morgan fingerprint density at radius 3 is 2.36 bits per heavy atom. The Hall–Kier alpha value is -1.15. The number of carbonyl (C=O) groups excluding carboxylic acids is 1. The molecular formula is C12H16O2. The molecule has 0 aromatic heterocycles. The van der Waals surface area contributed by atoms with Crippen molar-refractivity contribution in [3.63, 3.8) is 0 Å². The number of ketones is 1. The minimum Gasteiger partial charge on any atom is -0.374 e. The summed E-state index contributed by atoms with van der Waals surface area (Å²) in [5.74, 6) is 0.0978. The van der Waals surface area contributed by atoms with Crippen molar-refractivity contribution in [3.8, 4) is 0 Å². The molecule has 0 aliphatic rings. The number of benzene rings is 1. The average Bonchev–Trinajstić information content (AvgIpc) is 2.18. The van der Waals surface area contributed by atoms with E-state index in [9.17, 15) is 4.79 Å². The number of hydrogen-bond donors (Lipinski definition) is 0. The van der Waals surface area contributed by atoms with Gasteiger partial charge >= 0.3 is 0 Å². The van der Waals surface area contributed by atoms with Crippen molar-refractivity contribution in [2.45, 2.75) is 26.9 Å². The maximum Gasteiger partial charge on any atom is 0.159 e. The number of hydrogen-bond acceptors (Lipinski definition) is 2. The summed E-state index contributed by atoms with van der Waals surface area (Å²) >= 11 is 0. The summed E-state index contributed by atoms with van der Waals surface area (Å²) in [6.45, 7) is 6.25. The lowest BCUT2D eigenvalue weighted by atomic mass is 10.1. The van der Waals surface area contributed by atoms with E-state index in [0.29, 0.717) is 6.61 Å². The molecule has 1 aromatic rings. The van der Waals surface area contributed by atoms with Crippen molar-refractivity contribution in [3.05, 3.63) is 35.4 Å². The van der Waals surface area contributed by atoms with Crippen molar-refractivity contribution in [2.24, 2.45) is 0 Å². The van der Waals surface area contributed by atoms with Crippen LogP contribution in [-0.4, -0.2) is 12.4 Å². The first-order valence-electron chi connectivity index (χ1n) is 4.87. The van der Waals surface area contributed by atoms with Gasteiger partial charge in [0.2, 0.25) is 0 Å². The number of Topliss-reactive ketones (excluding diaryl/α,β-unsaturated/α-hetero) is 1. The normalized spacial score (nSPS) is 12.5. The molecular weight excluding hydrogens is 176 g/mol. The third kappa shape index (κ3) is 2.67. The highest BCUT2D eigenvalue weighted by Gasteiger charge is 2.05. The molecule has 2 heteroatoms. The fraction of sp³-hybridized carbons (Fsp3) is 0.417. The summed E-state index contributed by atoms with van der Waals surface area (Å²) < 4.78 is 5.44. The van der Waals surface area contributed by atoms with Crippen LogP contribution in [0.2, 0.25) is 0 Å². The third-order valence-electron chi connectivity index (χ3n) is 2.20. The van der Waals surface area contributed by atoms with Gasteiger partial charge in [-0.2, -0.15) is 0 Å². The first-order valence-corrected chi connectivity index (χ1v) is 4.87.